The summed E-state index contributed by atoms with van der Waals surface area (Å²) in [5.74, 6) is 1.50. The number of alkyl halides is 1. The fraction of sp³-hybridized carbons (Fsp3) is 0.562. The summed E-state index contributed by atoms with van der Waals surface area (Å²) >= 11 is 5.98. The Kier molecular flexibility index (Phi) is 5.03. The van der Waals surface area contributed by atoms with Crippen LogP contribution in [0.5, 0.6) is 0 Å². The highest BCUT2D eigenvalue weighted by atomic mass is 35.5. The van der Waals surface area contributed by atoms with Gasteiger partial charge in [0.2, 0.25) is 0 Å². The maximum Gasteiger partial charge on any atom is 0.151 e. The SMILES string of the molecule is CC(C)CCCC(C)n1c(CCl)nc2c(F)cccc21. The number of hydrogen-bond donors (Lipinski definition) is 0. The van der Waals surface area contributed by atoms with Crippen LogP contribution in [-0.4, -0.2) is 9.55 Å². The summed E-state index contributed by atoms with van der Waals surface area (Å²) in [5.41, 5.74) is 1.27. The Labute approximate surface area is 125 Å². The largest absolute Gasteiger partial charge is 0.324 e. The normalized spacial score (nSPS) is 13.3. The monoisotopic (exact) mass is 296 g/mol. The molecule has 0 saturated heterocycles. The zero-order chi connectivity index (χ0) is 14.7. The zero-order valence-electron chi connectivity index (χ0n) is 12.4. The van der Waals surface area contributed by atoms with Crippen LogP contribution in [0.15, 0.2) is 18.2 Å². The highest BCUT2D eigenvalue weighted by Crippen LogP contribution is 2.27. The third-order valence-corrected chi connectivity index (χ3v) is 3.95. The Balaban J connectivity index is 2.29. The zero-order valence-corrected chi connectivity index (χ0v) is 13.1. The molecule has 1 aromatic heterocycles. The molecule has 2 rings (SSSR count). The van der Waals surface area contributed by atoms with Crippen LogP contribution in [-0.2, 0) is 5.88 Å². The van der Waals surface area contributed by atoms with E-state index in [0.29, 0.717) is 17.3 Å². The van der Waals surface area contributed by atoms with Gasteiger partial charge in [0.25, 0.3) is 0 Å². The molecular weight excluding hydrogens is 275 g/mol. The van der Waals surface area contributed by atoms with Crippen LogP contribution in [0.2, 0.25) is 0 Å². The lowest BCUT2D eigenvalue weighted by atomic mass is 10.0. The Hall–Kier alpha value is -1.09. The van der Waals surface area contributed by atoms with E-state index >= 15 is 0 Å². The molecule has 0 aliphatic heterocycles. The molecule has 1 heterocycles. The molecule has 1 unspecified atom stereocenters. The standard InChI is InChI=1S/C16H22ClFN2/c1-11(2)6-4-7-12(3)20-14-9-5-8-13(18)16(14)19-15(20)10-17/h5,8-9,11-12H,4,6-7,10H2,1-3H3. The van der Waals surface area contributed by atoms with E-state index in [2.05, 4.69) is 30.3 Å². The molecule has 0 saturated carbocycles. The van der Waals surface area contributed by atoms with Gasteiger partial charge in [-0.3, -0.25) is 0 Å². The second-order valence-electron chi connectivity index (χ2n) is 5.81. The Morgan fingerprint density at radius 2 is 2.00 bits per heavy atom. The maximum absolute atomic E-state index is 13.8. The van der Waals surface area contributed by atoms with Crippen molar-refractivity contribution in [3.63, 3.8) is 0 Å². The molecule has 0 aliphatic rings. The fourth-order valence-corrected chi connectivity index (χ4v) is 2.86. The number of aromatic nitrogens is 2. The van der Waals surface area contributed by atoms with Crippen LogP contribution in [0.1, 0.15) is 51.9 Å². The highest BCUT2D eigenvalue weighted by molar-refractivity contribution is 6.16. The lowest BCUT2D eigenvalue weighted by Crippen LogP contribution is -2.09. The van der Waals surface area contributed by atoms with Crippen molar-refractivity contribution in [3.05, 3.63) is 29.8 Å². The molecule has 0 N–H and O–H groups in total. The molecule has 2 nitrogen and oxygen atoms in total. The Morgan fingerprint density at radius 1 is 1.25 bits per heavy atom. The highest BCUT2D eigenvalue weighted by Gasteiger charge is 2.17. The van der Waals surface area contributed by atoms with Crippen LogP contribution in [0.4, 0.5) is 4.39 Å². The molecule has 110 valence electrons. The number of halogens is 2. The maximum atomic E-state index is 13.8. The minimum absolute atomic E-state index is 0.276. The molecule has 0 aliphatic carbocycles. The molecule has 0 spiro atoms. The van der Waals surface area contributed by atoms with Gasteiger partial charge in [0.1, 0.15) is 11.3 Å². The molecule has 0 amide bonds. The number of nitrogens with zero attached hydrogens (tertiary/aromatic N) is 2. The van der Waals surface area contributed by atoms with Gasteiger partial charge >= 0.3 is 0 Å². The van der Waals surface area contributed by atoms with Crippen LogP contribution in [0.3, 0.4) is 0 Å². The molecule has 1 atom stereocenters. The van der Waals surface area contributed by atoms with E-state index in [1.807, 2.05) is 6.07 Å². The quantitative estimate of drug-likeness (QED) is 0.661. The predicted octanol–water partition coefficient (Wildman–Crippen LogP) is 5.30. The molecule has 0 radical (unpaired) electrons. The fourth-order valence-electron chi connectivity index (χ4n) is 2.67. The number of benzene rings is 1. The van der Waals surface area contributed by atoms with Gasteiger partial charge in [-0.1, -0.05) is 32.8 Å². The van der Waals surface area contributed by atoms with Crippen LogP contribution in [0, 0.1) is 11.7 Å². The van der Waals surface area contributed by atoms with Crippen molar-refractivity contribution >= 4 is 22.6 Å². The third kappa shape index (κ3) is 3.14. The van der Waals surface area contributed by atoms with E-state index in [9.17, 15) is 4.39 Å². The van der Waals surface area contributed by atoms with E-state index in [0.717, 1.165) is 24.2 Å². The molecule has 1 aromatic carbocycles. The average Bonchev–Trinajstić information content (AvgIpc) is 2.78. The van der Waals surface area contributed by atoms with Crippen molar-refractivity contribution in [1.82, 2.24) is 9.55 Å². The van der Waals surface area contributed by atoms with Crippen LogP contribution in [0.25, 0.3) is 11.0 Å². The summed E-state index contributed by atoms with van der Waals surface area (Å²) in [6, 6.07) is 5.38. The summed E-state index contributed by atoms with van der Waals surface area (Å²) in [4.78, 5) is 4.35. The minimum atomic E-state index is -0.276. The summed E-state index contributed by atoms with van der Waals surface area (Å²) in [6.45, 7) is 6.62. The van der Waals surface area contributed by atoms with Gasteiger partial charge in [-0.25, -0.2) is 9.37 Å². The first-order chi connectivity index (χ1) is 9.54. The number of para-hydroxylation sites is 1. The van der Waals surface area contributed by atoms with E-state index in [1.165, 1.54) is 12.5 Å². The predicted molar refractivity (Wildman–Crippen MR) is 82.6 cm³/mol. The molecular formula is C16H22ClFN2. The number of fused-ring (bicyclic) bond motifs is 1. The van der Waals surface area contributed by atoms with Crippen molar-refractivity contribution < 1.29 is 4.39 Å². The van der Waals surface area contributed by atoms with Gasteiger partial charge in [0, 0.05) is 6.04 Å². The minimum Gasteiger partial charge on any atom is -0.324 e. The second kappa shape index (κ2) is 6.57. The first kappa shape index (κ1) is 15.3. The van der Waals surface area contributed by atoms with Gasteiger partial charge in [0.05, 0.1) is 11.4 Å². The average molecular weight is 297 g/mol. The van der Waals surface area contributed by atoms with Gasteiger partial charge in [-0.2, -0.15) is 0 Å². The number of hydrogen-bond acceptors (Lipinski definition) is 1. The summed E-state index contributed by atoms with van der Waals surface area (Å²) in [6.07, 6.45) is 3.43. The summed E-state index contributed by atoms with van der Waals surface area (Å²) in [7, 11) is 0. The Bertz CT molecular complexity index is 577. The van der Waals surface area contributed by atoms with Gasteiger partial charge < -0.3 is 4.57 Å². The van der Waals surface area contributed by atoms with Crippen LogP contribution < -0.4 is 0 Å². The summed E-state index contributed by atoms with van der Waals surface area (Å²) < 4.78 is 15.9. The van der Waals surface area contributed by atoms with Gasteiger partial charge in [-0.15, -0.1) is 11.6 Å². The van der Waals surface area contributed by atoms with Gasteiger partial charge in [0.15, 0.2) is 5.82 Å². The number of rotatable bonds is 6. The lowest BCUT2D eigenvalue weighted by Gasteiger charge is -2.17. The Morgan fingerprint density at radius 3 is 2.65 bits per heavy atom. The third-order valence-electron chi connectivity index (χ3n) is 3.71. The van der Waals surface area contributed by atoms with E-state index < -0.39 is 0 Å². The first-order valence-corrected chi connectivity index (χ1v) is 7.79. The van der Waals surface area contributed by atoms with Crippen molar-refractivity contribution in [2.75, 3.05) is 0 Å². The molecule has 0 bridgehead atoms. The smallest absolute Gasteiger partial charge is 0.151 e. The van der Waals surface area contributed by atoms with Crippen LogP contribution >= 0.6 is 11.6 Å². The molecule has 4 heteroatoms. The van der Waals surface area contributed by atoms with E-state index in [-0.39, 0.29) is 11.9 Å². The van der Waals surface area contributed by atoms with Crippen molar-refractivity contribution in [3.8, 4) is 0 Å². The van der Waals surface area contributed by atoms with Crippen molar-refractivity contribution in [2.24, 2.45) is 5.92 Å². The lowest BCUT2D eigenvalue weighted by molar-refractivity contribution is 0.447. The summed E-state index contributed by atoms with van der Waals surface area (Å²) in [5, 5.41) is 0. The first-order valence-electron chi connectivity index (χ1n) is 7.25. The van der Waals surface area contributed by atoms with E-state index in [1.54, 1.807) is 6.07 Å². The van der Waals surface area contributed by atoms with Crippen molar-refractivity contribution in [2.45, 2.75) is 52.0 Å². The van der Waals surface area contributed by atoms with Gasteiger partial charge in [-0.05, 0) is 31.4 Å². The van der Waals surface area contributed by atoms with E-state index in [4.69, 9.17) is 11.6 Å². The van der Waals surface area contributed by atoms with Crippen molar-refractivity contribution in [1.29, 1.82) is 0 Å². The molecule has 2 aromatic rings. The number of imidazole rings is 1. The molecule has 20 heavy (non-hydrogen) atoms. The second-order valence-corrected chi connectivity index (χ2v) is 6.08. The molecule has 0 fully saturated rings. The topological polar surface area (TPSA) is 17.8 Å².